The second kappa shape index (κ2) is 12.3. The number of rotatable bonds is 10. The molecule has 13 heteroatoms. The van der Waals surface area contributed by atoms with E-state index in [-0.39, 0.29) is 6.42 Å². The molecule has 4 aromatic rings. The molecule has 1 aliphatic rings. The number of aliphatic carboxylic acids is 1. The Labute approximate surface area is 234 Å². The van der Waals surface area contributed by atoms with Crippen molar-refractivity contribution in [3.63, 3.8) is 0 Å². The lowest BCUT2D eigenvalue weighted by Crippen LogP contribution is -2.44. The molecule has 1 saturated heterocycles. The van der Waals surface area contributed by atoms with Crippen molar-refractivity contribution in [3.05, 3.63) is 83.9 Å². The van der Waals surface area contributed by atoms with E-state index in [1.54, 1.807) is 30.3 Å². The number of aliphatic hydroxyl groups is 2. The predicted molar refractivity (Wildman–Crippen MR) is 146 cm³/mol. The van der Waals surface area contributed by atoms with Gasteiger partial charge in [0, 0.05) is 13.0 Å². The standard InChI is InChI=1S/C28H30N6O7/c1-16-7-9-18(10-8-16)12-29-24-21-25(31-14-30-24)34(15-32-21)26-23(36)22(35)20(41-26)13-40-28(39)33-19(27(37)38)11-17-5-3-2-4-6-17/h2-10,14-15,19-20,22-23,26,35-36H,11-13H2,1H3,(H,33,39)(H,37,38)(H,29,30,31)/t19-,20+,22-,23?,26+/m0/s1. The van der Waals surface area contributed by atoms with Gasteiger partial charge in [-0.05, 0) is 18.1 Å². The molecule has 1 amide bonds. The number of aromatic nitrogens is 4. The van der Waals surface area contributed by atoms with Crippen molar-refractivity contribution in [3.8, 4) is 0 Å². The summed E-state index contributed by atoms with van der Waals surface area (Å²) in [6, 6.07) is 15.7. The molecule has 0 bridgehead atoms. The molecular weight excluding hydrogens is 532 g/mol. The van der Waals surface area contributed by atoms with Crippen LogP contribution in [-0.2, 0) is 27.2 Å². The third kappa shape index (κ3) is 6.43. The summed E-state index contributed by atoms with van der Waals surface area (Å²) in [5.41, 5.74) is 3.76. The molecule has 214 valence electrons. The number of carboxylic acid groups (broad SMARTS) is 1. The van der Waals surface area contributed by atoms with Crippen LogP contribution in [0.3, 0.4) is 0 Å². The molecule has 1 fully saturated rings. The molecule has 3 heterocycles. The molecule has 0 radical (unpaired) electrons. The van der Waals surface area contributed by atoms with Gasteiger partial charge in [0.05, 0.1) is 6.33 Å². The van der Waals surface area contributed by atoms with Crippen LogP contribution in [0.25, 0.3) is 11.2 Å². The Hall–Kier alpha value is -4.59. The van der Waals surface area contributed by atoms with Gasteiger partial charge >= 0.3 is 12.1 Å². The van der Waals surface area contributed by atoms with E-state index in [1.807, 2.05) is 31.2 Å². The van der Waals surface area contributed by atoms with Crippen LogP contribution in [-0.4, -0.2) is 77.9 Å². The van der Waals surface area contributed by atoms with Crippen LogP contribution in [0.4, 0.5) is 10.6 Å². The molecule has 41 heavy (non-hydrogen) atoms. The van der Waals surface area contributed by atoms with Crippen molar-refractivity contribution in [1.82, 2.24) is 24.8 Å². The number of fused-ring (bicyclic) bond motifs is 1. The number of benzene rings is 2. The number of aliphatic hydroxyl groups excluding tert-OH is 2. The van der Waals surface area contributed by atoms with Gasteiger partial charge in [0.2, 0.25) is 0 Å². The van der Waals surface area contributed by atoms with Crippen molar-refractivity contribution < 1.29 is 34.4 Å². The van der Waals surface area contributed by atoms with E-state index >= 15 is 0 Å². The highest BCUT2D eigenvalue weighted by molar-refractivity contribution is 5.82. The van der Waals surface area contributed by atoms with Crippen LogP contribution in [0.2, 0.25) is 0 Å². The quantitative estimate of drug-likeness (QED) is 0.190. The smallest absolute Gasteiger partial charge is 0.407 e. The summed E-state index contributed by atoms with van der Waals surface area (Å²) < 4.78 is 12.5. The highest BCUT2D eigenvalue weighted by Crippen LogP contribution is 2.32. The summed E-state index contributed by atoms with van der Waals surface area (Å²) in [5, 5.41) is 36.4. The SMILES string of the molecule is Cc1ccc(CNc2ncnc3c2ncn3[C@@H]2O[C@H](COC(=O)N[C@@H](Cc3ccccc3)C(=O)O)[C@H](O)C2O)cc1. The van der Waals surface area contributed by atoms with E-state index in [9.17, 15) is 24.9 Å². The highest BCUT2D eigenvalue weighted by Gasteiger charge is 2.45. The van der Waals surface area contributed by atoms with Gasteiger partial charge in [0.15, 0.2) is 23.2 Å². The summed E-state index contributed by atoms with van der Waals surface area (Å²) in [4.78, 5) is 36.9. The number of alkyl carbamates (subject to hydrolysis) is 1. The highest BCUT2D eigenvalue weighted by atomic mass is 16.6. The van der Waals surface area contributed by atoms with E-state index < -0.39 is 49.3 Å². The Balaban J connectivity index is 1.21. The number of carbonyl (C=O) groups excluding carboxylic acids is 1. The number of hydrogen-bond donors (Lipinski definition) is 5. The van der Waals surface area contributed by atoms with Crippen LogP contribution >= 0.6 is 0 Å². The minimum Gasteiger partial charge on any atom is -0.480 e. The van der Waals surface area contributed by atoms with Crippen LogP contribution in [0.15, 0.2) is 67.3 Å². The topological polar surface area (TPSA) is 181 Å². The van der Waals surface area contributed by atoms with Gasteiger partial charge in [-0.2, -0.15) is 0 Å². The van der Waals surface area contributed by atoms with Crippen molar-refractivity contribution in [2.24, 2.45) is 0 Å². The van der Waals surface area contributed by atoms with E-state index in [1.165, 1.54) is 17.2 Å². The number of carbonyl (C=O) groups is 2. The molecule has 1 aliphatic heterocycles. The lowest BCUT2D eigenvalue weighted by Gasteiger charge is -2.18. The first kappa shape index (κ1) is 28.0. The Morgan fingerprint density at radius 2 is 1.78 bits per heavy atom. The van der Waals surface area contributed by atoms with E-state index in [4.69, 9.17) is 9.47 Å². The number of nitrogens with one attached hydrogen (secondary N) is 2. The number of nitrogens with zero attached hydrogens (tertiary/aromatic N) is 4. The van der Waals surface area contributed by atoms with Gasteiger partial charge in [0.1, 0.15) is 37.3 Å². The van der Waals surface area contributed by atoms with Crippen LogP contribution in [0, 0.1) is 6.92 Å². The number of aryl methyl sites for hydroxylation is 1. The van der Waals surface area contributed by atoms with Gasteiger partial charge in [-0.25, -0.2) is 24.5 Å². The Morgan fingerprint density at radius 1 is 1.02 bits per heavy atom. The van der Waals surface area contributed by atoms with Gasteiger partial charge in [-0.3, -0.25) is 4.57 Å². The summed E-state index contributed by atoms with van der Waals surface area (Å²) in [6.07, 6.45) is -3.09. The number of anilines is 1. The maximum Gasteiger partial charge on any atom is 0.407 e. The average molecular weight is 563 g/mol. The minimum atomic E-state index is -1.40. The Bertz CT molecular complexity index is 1500. The fourth-order valence-corrected chi connectivity index (χ4v) is 4.55. The van der Waals surface area contributed by atoms with Crippen LogP contribution in [0.5, 0.6) is 0 Å². The van der Waals surface area contributed by atoms with Crippen molar-refractivity contribution in [2.45, 2.75) is 50.5 Å². The first-order valence-electron chi connectivity index (χ1n) is 13.0. The predicted octanol–water partition coefficient (Wildman–Crippen LogP) is 1.79. The van der Waals surface area contributed by atoms with Crippen molar-refractivity contribution in [2.75, 3.05) is 11.9 Å². The maximum absolute atomic E-state index is 12.4. The third-order valence-corrected chi connectivity index (χ3v) is 6.80. The zero-order valence-electron chi connectivity index (χ0n) is 22.1. The maximum atomic E-state index is 12.4. The summed E-state index contributed by atoms with van der Waals surface area (Å²) >= 11 is 0. The first-order valence-corrected chi connectivity index (χ1v) is 13.0. The molecule has 5 rings (SSSR count). The minimum absolute atomic E-state index is 0.0615. The summed E-state index contributed by atoms with van der Waals surface area (Å²) in [7, 11) is 0. The molecule has 13 nitrogen and oxygen atoms in total. The van der Waals surface area contributed by atoms with E-state index in [2.05, 4.69) is 25.6 Å². The van der Waals surface area contributed by atoms with Gasteiger partial charge in [0.25, 0.3) is 0 Å². The van der Waals surface area contributed by atoms with E-state index in [0.29, 0.717) is 23.5 Å². The molecule has 0 spiro atoms. The number of ether oxygens (including phenoxy) is 2. The number of hydrogen-bond acceptors (Lipinski definition) is 10. The molecule has 5 atom stereocenters. The number of carboxylic acids is 1. The molecule has 0 saturated carbocycles. The van der Waals surface area contributed by atoms with Crippen LogP contribution < -0.4 is 10.6 Å². The number of amides is 1. The monoisotopic (exact) mass is 562 g/mol. The molecular formula is C28H30N6O7. The largest absolute Gasteiger partial charge is 0.480 e. The Kier molecular flexibility index (Phi) is 8.38. The Morgan fingerprint density at radius 3 is 2.51 bits per heavy atom. The summed E-state index contributed by atoms with van der Waals surface area (Å²) in [5.74, 6) is -0.734. The zero-order valence-corrected chi connectivity index (χ0v) is 22.1. The second-order valence-corrected chi connectivity index (χ2v) is 9.76. The number of imidazole rings is 1. The third-order valence-electron chi connectivity index (χ3n) is 6.80. The van der Waals surface area contributed by atoms with Gasteiger partial charge in [-0.1, -0.05) is 60.2 Å². The fourth-order valence-electron chi connectivity index (χ4n) is 4.55. The normalized spacial score (nSPS) is 21.0. The molecule has 1 unspecified atom stereocenters. The van der Waals surface area contributed by atoms with Crippen molar-refractivity contribution >= 4 is 29.0 Å². The average Bonchev–Trinajstić information content (AvgIpc) is 3.52. The molecule has 2 aromatic carbocycles. The second-order valence-electron chi connectivity index (χ2n) is 9.76. The molecule has 2 aromatic heterocycles. The molecule has 0 aliphatic carbocycles. The van der Waals surface area contributed by atoms with E-state index in [0.717, 1.165) is 16.7 Å². The van der Waals surface area contributed by atoms with Gasteiger partial charge in [-0.15, -0.1) is 0 Å². The fraction of sp³-hybridized carbons (Fsp3) is 0.321. The summed E-state index contributed by atoms with van der Waals surface area (Å²) in [6.45, 7) is 2.10. The van der Waals surface area contributed by atoms with Crippen LogP contribution in [0.1, 0.15) is 22.9 Å². The first-order chi connectivity index (χ1) is 19.8. The molecule has 5 N–H and O–H groups in total. The van der Waals surface area contributed by atoms with Crippen molar-refractivity contribution in [1.29, 1.82) is 0 Å². The van der Waals surface area contributed by atoms with Gasteiger partial charge < -0.3 is 35.4 Å². The lowest BCUT2D eigenvalue weighted by molar-refractivity contribution is -0.139. The lowest BCUT2D eigenvalue weighted by atomic mass is 10.1. The zero-order chi connectivity index (χ0) is 28.9.